The lowest BCUT2D eigenvalue weighted by atomic mass is 9.83. The summed E-state index contributed by atoms with van der Waals surface area (Å²) in [6.07, 6.45) is 11.7. The van der Waals surface area contributed by atoms with Gasteiger partial charge in [0.15, 0.2) is 0 Å². The van der Waals surface area contributed by atoms with E-state index < -0.39 is 10.0 Å². The van der Waals surface area contributed by atoms with Gasteiger partial charge in [-0.15, -0.1) is 0 Å². The fraction of sp³-hybridized carbons (Fsp3) is 0.333. The topological polar surface area (TPSA) is 37.4 Å². The number of hydrogen-bond donors (Lipinski definition) is 0. The van der Waals surface area contributed by atoms with E-state index in [0.717, 1.165) is 24.6 Å². The molecule has 5 heteroatoms. The number of piperidine rings is 1. The average Bonchev–Trinajstić information content (AvgIpc) is 2.69. The third kappa shape index (κ3) is 3.22. The highest BCUT2D eigenvalue weighted by molar-refractivity contribution is 7.89. The van der Waals surface area contributed by atoms with Gasteiger partial charge in [0, 0.05) is 28.9 Å². The van der Waals surface area contributed by atoms with Crippen molar-refractivity contribution in [3.05, 3.63) is 65.7 Å². The summed E-state index contributed by atoms with van der Waals surface area (Å²) in [6, 6.07) is 10.7. The van der Waals surface area contributed by atoms with E-state index in [-0.39, 0.29) is 0 Å². The zero-order chi connectivity index (χ0) is 18.1. The van der Waals surface area contributed by atoms with Crippen LogP contribution in [0.4, 0.5) is 0 Å². The van der Waals surface area contributed by atoms with Gasteiger partial charge in [0.25, 0.3) is 0 Å². The van der Waals surface area contributed by atoms with Crippen molar-refractivity contribution in [2.45, 2.75) is 24.2 Å². The third-order valence-electron chi connectivity index (χ3n) is 5.48. The van der Waals surface area contributed by atoms with Crippen molar-refractivity contribution in [3.8, 4) is 0 Å². The van der Waals surface area contributed by atoms with Crippen LogP contribution in [0.15, 0.2) is 65.6 Å². The Balaban J connectivity index is 1.59. The van der Waals surface area contributed by atoms with Crippen LogP contribution in [0.3, 0.4) is 0 Å². The largest absolute Gasteiger partial charge is 0.243 e. The molecule has 1 fully saturated rings. The Labute approximate surface area is 160 Å². The summed E-state index contributed by atoms with van der Waals surface area (Å²) in [7, 11) is -3.52. The van der Waals surface area contributed by atoms with E-state index in [4.69, 9.17) is 11.6 Å². The van der Waals surface area contributed by atoms with Gasteiger partial charge in [-0.3, -0.25) is 0 Å². The van der Waals surface area contributed by atoms with Gasteiger partial charge in [-0.1, -0.05) is 60.2 Å². The molecule has 0 atom stereocenters. The second kappa shape index (κ2) is 7.18. The Hall–Kier alpha value is -1.62. The lowest BCUT2D eigenvalue weighted by Crippen LogP contribution is -2.39. The fourth-order valence-electron chi connectivity index (χ4n) is 4.03. The predicted octanol–water partition coefficient (Wildman–Crippen LogP) is 5.03. The number of benzene rings is 2. The van der Waals surface area contributed by atoms with Gasteiger partial charge in [0.1, 0.15) is 0 Å². The molecule has 3 nitrogen and oxygen atoms in total. The molecule has 1 saturated heterocycles. The van der Waals surface area contributed by atoms with Crippen molar-refractivity contribution < 1.29 is 8.42 Å². The Kier molecular flexibility index (Phi) is 4.91. The van der Waals surface area contributed by atoms with Gasteiger partial charge in [-0.2, -0.15) is 4.31 Å². The maximum absolute atomic E-state index is 13.3. The normalized spacial score (nSPS) is 20.0. The van der Waals surface area contributed by atoms with E-state index >= 15 is 0 Å². The van der Waals surface area contributed by atoms with Gasteiger partial charge >= 0.3 is 0 Å². The van der Waals surface area contributed by atoms with Crippen molar-refractivity contribution in [3.63, 3.8) is 0 Å². The number of allylic oxidation sites excluding steroid dienone is 4. The summed E-state index contributed by atoms with van der Waals surface area (Å²) >= 11 is 6.25. The minimum Gasteiger partial charge on any atom is -0.207 e. The van der Waals surface area contributed by atoms with Gasteiger partial charge in [-0.25, -0.2) is 8.42 Å². The maximum atomic E-state index is 13.3. The molecular weight excluding hydrogens is 366 g/mol. The van der Waals surface area contributed by atoms with Crippen LogP contribution in [0.2, 0.25) is 5.02 Å². The SMILES string of the molecule is O=S(=O)(c1ccc(Cl)c2ccccc12)N1CCC(C2C=CCC=C2)CC1. The first-order chi connectivity index (χ1) is 12.6. The molecule has 0 radical (unpaired) electrons. The fourth-order valence-corrected chi connectivity index (χ4v) is 5.92. The molecule has 0 spiro atoms. The first-order valence-electron chi connectivity index (χ1n) is 9.08. The van der Waals surface area contributed by atoms with E-state index in [0.29, 0.717) is 40.2 Å². The van der Waals surface area contributed by atoms with Crippen molar-refractivity contribution in [1.82, 2.24) is 4.31 Å². The average molecular weight is 388 g/mol. The second-order valence-electron chi connectivity index (χ2n) is 7.00. The molecule has 0 aromatic heterocycles. The molecule has 136 valence electrons. The number of hydrogen-bond acceptors (Lipinski definition) is 2. The minimum atomic E-state index is -3.52. The van der Waals surface area contributed by atoms with Crippen LogP contribution in [-0.2, 0) is 10.0 Å². The Morgan fingerprint density at radius 1 is 0.923 bits per heavy atom. The molecule has 2 aromatic rings. The van der Waals surface area contributed by atoms with Crippen LogP contribution in [0.1, 0.15) is 19.3 Å². The number of rotatable bonds is 3. The van der Waals surface area contributed by atoms with Crippen LogP contribution in [0, 0.1) is 11.8 Å². The predicted molar refractivity (Wildman–Crippen MR) is 107 cm³/mol. The molecular formula is C21H22ClNO2S. The minimum absolute atomic E-state index is 0.355. The summed E-state index contributed by atoms with van der Waals surface area (Å²) in [4.78, 5) is 0.355. The second-order valence-corrected chi connectivity index (χ2v) is 9.32. The van der Waals surface area contributed by atoms with Crippen LogP contribution >= 0.6 is 11.6 Å². The van der Waals surface area contributed by atoms with Crippen LogP contribution in [-0.4, -0.2) is 25.8 Å². The molecule has 1 aliphatic carbocycles. The lowest BCUT2D eigenvalue weighted by molar-refractivity contribution is 0.250. The van der Waals surface area contributed by atoms with E-state index in [2.05, 4.69) is 24.3 Å². The first-order valence-corrected chi connectivity index (χ1v) is 10.9. The van der Waals surface area contributed by atoms with Crippen LogP contribution < -0.4 is 0 Å². The van der Waals surface area contributed by atoms with E-state index in [9.17, 15) is 8.42 Å². The first kappa shape index (κ1) is 17.8. The molecule has 2 aromatic carbocycles. The quantitative estimate of drug-likeness (QED) is 0.693. The summed E-state index contributed by atoms with van der Waals surface area (Å²) in [6.45, 7) is 1.14. The highest BCUT2D eigenvalue weighted by Crippen LogP contribution is 2.34. The molecule has 0 N–H and O–H groups in total. The summed E-state index contributed by atoms with van der Waals surface area (Å²) < 4.78 is 28.1. The molecule has 1 aliphatic heterocycles. The smallest absolute Gasteiger partial charge is 0.207 e. The highest BCUT2D eigenvalue weighted by Gasteiger charge is 2.32. The van der Waals surface area contributed by atoms with Crippen LogP contribution in [0.25, 0.3) is 10.8 Å². The van der Waals surface area contributed by atoms with Crippen molar-refractivity contribution in [1.29, 1.82) is 0 Å². The zero-order valence-electron chi connectivity index (χ0n) is 14.5. The number of fused-ring (bicyclic) bond motifs is 1. The highest BCUT2D eigenvalue weighted by atomic mass is 35.5. The van der Waals surface area contributed by atoms with Crippen LogP contribution in [0.5, 0.6) is 0 Å². The number of nitrogens with zero attached hydrogens (tertiary/aromatic N) is 1. The molecule has 0 unspecified atom stereocenters. The summed E-state index contributed by atoms with van der Waals surface area (Å²) in [5, 5.41) is 2.05. The van der Waals surface area contributed by atoms with E-state index in [1.807, 2.05) is 24.3 Å². The molecule has 0 bridgehead atoms. The Bertz CT molecular complexity index is 961. The molecule has 0 amide bonds. The van der Waals surface area contributed by atoms with Gasteiger partial charge < -0.3 is 0 Å². The molecule has 26 heavy (non-hydrogen) atoms. The van der Waals surface area contributed by atoms with Gasteiger partial charge in [0.2, 0.25) is 10.0 Å². The van der Waals surface area contributed by atoms with Crippen molar-refractivity contribution in [2.24, 2.45) is 11.8 Å². The van der Waals surface area contributed by atoms with E-state index in [1.165, 1.54) is 0 Å². The third-order valence-corrected chi connectivity index (χ3v) is 7.77. The summed E-state index contributed by atoms with van der Waals surface area (Å²) in [5.74, 6) is 0.973. The Morgan fingerprint density at radius 2 is 1.58 bits per heavy atom. The standard InChI is InChI=1S/C21H22ClNO2S/c22-20-10-11-21(19-9-5-4-8-18(19)20)26(24,25)23-14-12-17(13-15-23)16-6-2-1-3-7-16/h2-11,16-17H,1,12-15H2. The number of halogens is 1. The lowest BCUT2D eigenvalue weighted by Gasteiger charge is -2.34. The molecule has 4 rings (SSSR count). The molecule has 0 saturated carbocycles. The van der Waals surface area contributed by atoms with Gasteiger partial charge in [-0.05, 0) is 43.2 Å². The molecule has 2 aliphatic rings. The summed E-state index contributed by atoms with van der Waals surface area (Å²) in [5.41, 5.74) is 0. The van der Waals surface area contributed by atoms with E-state index in [1.54, 1.807) is 16.4 Å². The van der Waals surface area contributed by atoms with Crippen molar-refractivity contribution >= 4 is 32.4 Å². The monoisotopic (exact) mass is 387 g/mol. The zero-order valence-corrected chi connectivity index (χ0v) is 16.1. The number of sulfonamides is 1. The maximum Gasteiger partial charge on any atom is 0.243 e. The molecule has 1 heterocycles. The Morgan fingerprint density at radius 3 is 2.27 bits per heavy atom. The van der Waals surface area contributed by atoms with Crippen molar-refractivity contribution in [2.75, 3.05) is 13.1 Å². The van der Waals surface area contributed by atoms with Gasteiger partial charge in [0.05, 0.1) is 4.90 Å².